The SMILES string of the molecule is O=C(O)CCC/C=C\C[C@H]1[C@H]2CC[C@H](C2)[C@H]1CCSCC=CC1CCCCCC1. The van der Waals surface area contributed by atoms with Crippen molar-refractivity contribution in [1.82, 2.24) is 0 Å². The highest BCUT2D eigenvalue weighted by molar-refractivity contribution is 7.99. The van der Waals surface area contributed by atoms with Crippen LogP contribution in [-0.2, 0) is 4.79 Å². The van der Waals surface area contributed by atoms with E-state index < -0.39 is 5.97 Å². The number of hydrogen-bond donors (Lipinski definition) is 1. The number of unbranched alkanes of at least 4 members (excludes halogenated alkanes) is 1. The molecule has 29 heavy (non-hydrogen) atoms. The van der Waals surface area contributed by atoms with Crippen LogP contribution in [0.4, 0.5) is 0 Å². The van der Waals surface area contributed by atoms with E-state index in [4.69, 9.17) is 5.11 Å². The van der Waals surface area contributed by atoms with Gasteiger partial charge in [0.25, 0.3) is 0 Å². The van der Waals surface area contributed by atoms with Gasteiger partial charge in [0.2, 0.25) is 0 Å². The molecule has 3 aliphatic carbocycles. The molecule has 0 heterocycles. The molecule has 0 unspecified atom stereocenters. The number of carbonyl (C=O) groups is 1. The zero-order valence-electron chi connectivity index (χ0n) is 18.3. The number of thioether (sulfide) groups is 1. The average Bonchev–Trinajstić information content (AvgIpc) is 3.20. The number of hydrogen-bond acceptors (Lipinski definition) is 2. The van der Waals surface area contributed by atoms with E-state index >= 15 is 0 Å². The molecule has 3 fully saturated rings. The van der Waals surface area contributed by atoms with Crippen molar-refractivity contribution in [3.63, 3.8) is 0 Å². The molecule has 4 atom stereocenters. The minimum absolute atomic E-state index is 0.299. The lowest BCUT2D eigenvalue weighted by Crippen LogP contribution is -2.22. The number of carboxylic acids is 1. The molecule has 0 spiro atoms. The molecule has 1 N–H and O–H groups in total. The average molecular weight is 419 g/mol. The fourth-order valence-corrected chi connectivity index (χ4v) is 7.06. The summed E-state index contributed by atoms with van der Waals surface area (Å²) in [5.74, 6) is 6.50. The number of allylic oxidation sites excluding steroid dienone is 3. The maximum Gasteiger partial charge on any atom is 0.303 e. The predicted octanol–water partition coefficient (Wildman–Crippen LogP) is 7.50. The second-order valence-corrected chi connectivity index (χ2v) is 10.8. The molecule has 0 aromatic rings. The zero-order chi connectivity index (χ0) is 20.3. The molecular formula is C26H42O2S. The van der Waals surface area contributed by atoms with Crippen molar-refractivity contribution < 1.29 is 9.90 Å². The number of rotatable bonds is 12. The van der Waals surface area contributed by atoms with Gasteiger partial charge in [-0.3, -0.25) is 4.79 Å². The summed E-state index contributed by atoms with van der Waals surface area (Å²) >= 11 is 2.14. The van der Waals surface area contributed by atoms with Gasteiger partial charge in [0.1, 0.15) is 0 Å². The van der Waals surface area contributed by atoms with Gasteiger partial charge < -0.3 is 5.11 Å². The van der Waals surface area contributed by atoms with E-state index in [1.54, 1.807) is 0 Å². The summed E-state index contributed by atoms with van der Waals surface area (Å²) in [6.45, 7) is 0. The second-order valence-electron chi connectivity index (χ2n) is 9.70. The van der Waals surface area contributed by atoms with Crippen LogP contribution in [-0.4, -0.2) is 22.6 Å². The molecule has 3 rings (SSSR count). The van der Waals surface area contributed by atoms with Gasteiger partial charge in [-0.05, 0) is 93.1 Å². The third-order valence-corrected chi connectivity index (χ3v) is 8.68. The highest BCUT2D eigenvalue weighted by atomic mass is 32.2. The molecule has 0 aliphatic heterocycles. The first-order valence-corrected chi connectivity index (χ1v) is 13.5. The zero-order valence-corrected chi connectivity index (χ0v) is 19.1. The van der Waals surface area contributed by atoms with Crippen LogP contribution in [0.15, 0.2) is 24.3 Å². The summed E-state index contributed by atoms with van der Waals surface area (Å²) in [6, 6.07) is 0. The Kier molecular flexibility index (Phi) is 10.2. The van der Waals surface area contributed by atoms with E-state index in [2.05, 4.69) is 36.1 Å². The Morgan fingerprint density at radius 2 is 1.69 bits per heavy atom. The van der Waals surface area contributed by atoms with Crippen LogP contribution in [0.2, 0.25) is 0 Å². The number of carboxylic acid groups (broad SMARTS) is 1. The van der Waals surface area contributed by atoms with Crippen molar-refractivity contribution in [3.8, 4) is 0 Å². The van der Waals surface area contributed by atoms with E-state index in [-0.39, 0.29) is 0 Å². The van der Waals surface area contributed by atoms with Gasteiger partial charge in [-0.25, -0.2) is 0 Å². The molecule has 3 aliphatic rings. The molecule has 3 saturated carbocycles. The molecule has 0 radical (unpaired) electrons. The standard InChI is InChI=1S/C26H42O2S/c27-26(28)14-8-4-3-7-13-24-22-15-16-23(20-22)25(24)17-19-29-18-9-12-21-10-5-1-2-6-11-21/h3,7,9,12,21-25H,1-2,4-6,8,10-11,13-20H2,(H,27,28)/b7-3-,12-9?/t22-,23+,24-,25+/m0/s1. The summed E-state index contributed by atoms with van der Waals surface area (Å²) < 4.78 is 0. The summed E-state index contributed by atoms with van der Waals surface area (Å²) in [5.41, 5.74) is 0. The molecular weight excluding hydrogens is 376 g/mol. The minimum atomic E-state index is -0.673. The highest BCUT2D eigenvalue weighted by Crippen LogP contribution is 2.55. The quantitative estimate of drug-likeness (QED) is 0.202. The van der Waals surface area contributed by atoms with Crippen molar-refractivity contribution in [2.24, 2.45) is 29.6 Å². The first-order chi connectivity index (χ1) is 14.2. The first-order valence-electron chi connectivity index (χ1n) is 12.3. The van der Waals surface area contributed by atoms with Crippen LogP contribution in [0.1, 0.15) is 89.9 Å². The van der Waals surface area contributed by atoms with Crippen LogP contribution >= 0.6 is 11.8 Å². The largest absolute Gasteiger partial charge is 0.481 e. The lowest BCUT2D eigenvalue weighted by atomic mass is 9.76. The molecule has 0 aromatic carbocycles. The fraction of sp³-hybridized carbons (Fsp3) is 0.808. The maximum absolute atomic E-state index is 10.6. The number of fused-ring (bicyclic) bond motifs is 2. The third-order valence-electron chi connectivity index (χ3n) is 7.73. The van der Waals surface area contributed by atoms with Crippen LogP contribution in [0.25, 0.3) is 0 Å². The van der Waals surface area contributed by atoms with E-state index in [1.807, 2.05) is 0 Å². The minimum Gasteiger partial charge on any atom is -0.481 e. The van der Waals surface area contributed by atoms with Gasteiger partial charge in [0, 0.05) is 12.2 Å². The second kappa shape index (κ2) is 12.9. The van der Waals surface area contributed by atoms with Gasteiger partial charge >= 0.3 is 5.97 Å². The van der Waals surface area contributed by atoms with Crippen molar-refractivity contribution in [3.05, 3.63) is 24.3 Å². The molecule has 0 amide bonds. The van der Waals surface area contributed by atoms with E-state index in [9.17, 15) is 4.79 Å². The van der Waals surface area contributed by atoms with Gasteiger partial charge in [-0.15, -0.1) is 0 Å². The van der Waals surface area contributed by atoms with Gasteiger partial charge in [0.15, 0.2) is 0 Å². The summed E-state index contributed by atoms with van der Waals surface area (Å²) in [5, 5.41) is 8.73. The van der Waals surface area contributed by atoms with Gasteiger partial charge in [-0.2, -0.15) is 11.8 Å². The number of aliphatic carboxylic acids is 1. The Labute approximate surface area is 183 Å². The fourth-order valence-electron chi connectivity index (χ4n) is 6.21. The Bertz CT molecular complexity index is 533. The molecule has 3 heteroatoms. The molecule has 164 valence electrons. The monoisotopic (exact) mass is 418 g/mol. The van der Waals surface area contributed by atoms with Gasteiger partial charge in [-0.1, -0.05) is 50.0 Å². The Balaban J connectivity index is 1.32. The van der Waals surface area contributed by atoms with E-state index in [0.29, 0.717) is 6.42 Å². The topological polar surface area (TPSA) is 37.3 Å². The Morgan fingerprint density at radius 3 is 2.45 bits per heavy atom. The molecule has 2 bridgehead atoms. The Morgan fingerprint density at radius 1 is 0.931 bits per heavy atom. The van der Waals surface area contributed by atoms with E-state index in [1.165, 1.54) is 82.1 Å². The van der Waals surface area contributed by atoms with Crippen molar-refractivity contribution >= 4 is 17.7 Å². The van der Waals surface area contributed by atoms with Crippen LogP contribution in [0.3, 0.4) is 0 Å². The maximum atomic E-state index is 10.6. The lowest BCUT2D eigenvalue weighted by molar-refractivity contribution is -0.137. The summed E-state index contributed by atoms with van der Waals surface area (Å²) in [7, 11) is 0. The van der Waals surface area contributed by atoms with Crippen molar-refractivity contribution in [2.45, 2.75) is 89.9 Å². The predicted molar refractivity (Wildman–Crippen MR) is 125 cm³/mol. The summed E-state index contributed by atoms with van der Waals surface area (Å²) in [6.07, 6.45) is 27.2. The first kappa shape index (κ1) is 23.0. The van der Waals surface area contributed by atoms with Crippen LogP contribution < -0.4 is 0 Å². The molecule has 0 saturated heterocycles. The normalized spacial score (nSPS) is 30.5. The highest BCUT2D eigenvalue weighted by Gasteiger charge is 2.46. The Hall–Kier alpha value is -0.700. The van der Waals surface area contributed by atoms with Gasteiger partial charge in [0.05, 0.1) is 0 Å². The molecule has 2 nitrogen and oxygen atoms in total. The van der Waals surface area contributed by atoms with Crippen LogP contribution in [0.5, 0.6) is 0 Å². The van der Waals surface area contributed by atoms with Crippen molar-refractivity contribution in [1.29, 1.82) is 0 Å². The lowest BCUT2D eigenvalue weighted by Gasteiger charge is -2.30. The molecule has 0 aromatic heterocycles. The van der Waals surface area contributed by atoms with Crippen LogP contribution in [0, 0.1) is 29.6 Å². The summed E-state index contributed by atoms with van der Waals surface area (Å²) in [4.78, 5) is 10.6. The smallest absolute Gasteiger partial charge is 0.303 e. The van der Waals surface area contributed by atoms with Crippen molar-refractivity contribution in [2.75, 3.05) is 11.5 Å². The van der Waals surface area contributed by atoms with E-state index in [0.717, 1.165) is 42.4 Å². The third kappa shape index (κ3) is 7.81.